The summed E-state index contributed by atoms with van der Waals surface area (Å²) in [6.45, 7) is 2.14. The van der Waals surface area contributed by atoms with E-state index in [1.807, 2.05) is 6.07 Å². The molecule has 0 amide bonds. The second-order valence-corrected chi connectivity index (χ2v) is 7.37. The van der Waals surface area contributed by atoms with Crippen molar-refractivity contribution in [3.63, 3.8) is 0 Å². The lowest BCUT2D eigenvalue weighted by molar-refractivity contribution is 1.06. The summed E-state index contributed by atoms with van der Waals surface area (Å²) in [5.74, 6) is 0. The molecule has 0 nitrogen and oxygen atoms in total. The fourth-order valence-corrected chi connectivity index (χ4v) is 3.84. The van der Waals surface area contributed by atoms with Gasteiger partial charge in [-0.2, -0.15) is 12.6 Å². The average Bonchev–Trinajstić information content (AvgIpc) is 2.48. The van der Waals surface area contributed by atoms with Gasteiger partial charge in [-0.25, -0.2) is 0 Å². The van der Waals surface area contributed by atoms with Crippen LogP contribution >= 0.6 is 36.0 Å². The molecule has 0 aliphatic rings. The second-order valence-electron chi connectivity index (χ2n) is 4.78. The molecule has 0 spiro atoms. The SMILES string of the molecule is CCC(S)Sc1c(Cl)ccc2cc3ccccc3cc12. The van der Waals surface area contributed by atoms with Crippen molar-refractivity contribution in [2.75, 3.05) is 0 Å². The zero-order valence-corrected chi connectivity index (χ0v) is 13.6. The van der Waals surface area contributed by atoms with Crippen LogP contribution < -0.4 is 0 Å². The van der Waals surface area contributed by atoms with Gasteiger partial charge in [-0.3, -0.25) is 0 Å². The molecule has 0 saturated carbocycles. The minimum atomic E-state index is 0.268. The molecule has 3 aromatic rings. The predicted octanol–water partition coefficient (Wildman–Crippen LogP) is 6.40. The van der Waals surface area contributed by atoms with Crippen LogP contribution in [0.25, 0.3) is 21.5 Å². The monoisotopic (exact) mass is 318 g/mol. The number of thioether (sulfide) groups is 1. The standard InChI is InChI=1S/C17H15ClS2/c1-2-16(19)20-17-14-10-12-6-4-3-5-11(12)9-13(14)7-8-15(17)18/h3-10,16,19H,2H2,1H3. The van der Waals surface area contributed by atoms with E-state index >= 15 is 0 Å². The van der Waals surface area contributed by atoms with Crippen LogP contribution in [0.4, 0.5) is 0 Å². The molecule has 3 rings (SSSR count). The van der Waals surface area contributed by atoms with Crippen LogP contribution in [-0.4, -0.2) is 4.58 Å². The van der Waals surface area contributed by atoms with Crippen molar-refractivity contribution in [1.82, 2.24) is 0 Å². The summed E-state index contributed by atoms with van der Waals surface area (Å²) in [5.41, 5.74) is 0. The third kappa shape index (κ3) is 2.65. The van der Waals surface area contributed by atoms with Crippen LogP contribution in [0.1, 0.15) is 13.3 Å². The highest BCUT2D eigenvalue weighted by Crippen LogP contribution is 2.39. The van der Waals surface area contributed by atoms with Gasteiger partial charge in [0.1, 0.15) is 0 Å². The Labute approximate surface area is 133 Å². The molecule has 3 heteroatoms. The largest absolute Gasteiger partial charge is 0.165 e. The lowest BCUT2D eigenvalue weighted by Crippen LogP contribution is -1.90. The first-order valence-electron chi connectivity index (χ1n) is 6.65. The molecule has 0 N–H and O–H groups in total. The number of benzene rings is 3. The second kappa shape index (κ2) is 5.88. The first-order chi connectivity index (χ1) is 9.69. The highest BCUT2D eigenvalue weighted by Gasteiger charge is 2.11. The molecule has 0 bridgehead atoms. The lowest BCUT2D eigenvalue weighted by atomic mass is 10.0. The molecule has 1 atom stereocenters. The Hall–Kier alpha value is -0.830. The van der Waals surface area contributed by atoms with Gasteiger partial charge in [-0.05, 0) is 46.2 Å². The van der Waals surface area contributed by atoms with E-state index in [0.29, 0.717) is 0 Å². The van der Waals surface area contributed by atoms with Crippen molar-refractivity contribution < 1.29 is 0 Å². The first-order valence-corrected chi connectivity index (χ1v) is 8.42. The van der Waals surface area contributed by atoms with Gasteiger partial charge < -0.3 is 0 Å². The molecule has 1 unspecified atom stereocenters. The van der Waals surface area contributed by atoms with E-state index in [-0.39, 0.29) is 4.58 Å². The van der Waals surface area contributed by atoms with Crippen molar-refractivity contribution in [2.24, 2.45) is 0 Å². The Balaban J connectivity index is 2.26. The number of thiol groups is 1. The smallest absolute Gasteiger partial charge is 0.0548 e. The summed E-state index contributed by atoms with van der Waals surface area (Å²) in [6, 6.07) is 17.0. The third-order valence-electron chi connectivity index (χ3n) is 3.39. The summed E-state index contributed by atoms with van der Waals surface area (Å²) in [6.07, 6.45) is 1.01. The summed E-state index contributed by atoms with van der Waals surface area (Å²) in [7, 11) is 0. The van der Waals surface area contributed by atoms with E-state index in [1.165, 1.54) is 21.5 Å². The predicted molar refractivity (Wildman–Crippen MR) is 95.4 cm³/mol. The number of halogens is 1. The molecular weight excluding hydrogens is 304 g/mol. The summed E-state index contributed by atoms with van der Waals surface area (Å²) >= 11 is 12.7. The molecular formula is C17H15ClS2. The van der Waals surface area contributed by atoms with Crippen molar-refractivity contribution in [3.8, 4) is 0 Å². The molecule has 0 fully saturated rings. The lowest BCUT2D eigenvalue weighted by Gasteiger charge is -2.13. The van der Waals surface area contributed by atoms with E-state index in [0.717, 1.165) is 16.3 Å². The highest BCUT2D eigenvalue weighted by molar-refractivity contribution is 8.10. The van der Waals surface area contributed by atoms with Crippen LogP contribution in [0.5, 0.6) is 0 Å². The van der Waals surface area contributed by atoms with Crippen molar-refractivity contribution in [1.29, 1.82) is 0 Å². The van der Waals surface area contributed by atoms with Gasteiger partial charge in [0.05, 0.1) is 9.60 Å². The summed E-state index contributed by atoms with van der Waals surface area (Å²) in [5, 5.41) is 5.76. The topological polar surface area (TPSA) is 0 Å². The maximum Gasteiger partial charge on any atom is 0.0548 e. The molecule has 0 aliphatic heterocycles. The van der Waals surface area contributed by atoms with Crippen LogP contribution in [0.15, 0.2) is 53.4 Å². The average molecular weight is 319 g/mol. The van der Waals surface area contributed by atoms with Crippen molar-refractivity contribution in [3.05, 3.63) is 53.6 Å². The zero-order valence-electron chi connectivity index (χ0n) is 11.1. The van der Waals surface area contributed by atoms with Gasteiger partial charge >= 0.3 is 0 Å². The fourth-order valence-electron chi connectivity index (χ4n) is 2.30. The zero-order chi connectivity index (χ0) is 14.1. The Morgan fingerprint density at radius 1 is 1.05 bits per heavy atom. The van der Waals surface area contributed by atoms with Crippen LogP contribution in [0.3, 0.4) is 0 Å². The Morgan fingerprint density at radius 2 is 1.75 bits per heavy atom. The molecule has 0 radical (unpaired) electrons. The summed E-state index contributed by atoms with van der Waals surface area (Å²) < 4.78 is 0.268. The van der Waals surface area contributed by atoms with Gasteiger partial charge in [0, 0.05) is 4.90 Å². The van der Waals surface area contributed by atoms with E-state index in [4.69, 9.17) is 11.6 Å². The van der Waals surface area contributed by atoms with E-state index < -0.39 is 0 Å². The molecule has 102 valence electrons. The number of rotatable bonds is 3. The fraction of sp³-hybridized carbons (Fsp3) is 0.176. The molecule has 3 aromatic carbocycles. The minimum Gasteiger partial charge on any atom is -0.165 e. The molecule has 0 saturated heterocycles. The number of fused-ring (bicyclic) bond motifs is 2. The molecule has 20 heavy (non-hydrogen) atoms. The normalized spacial score (nSPS) is 12.9. The number of hydrogen-bond donors (Lipinski definition) is 1. The third-order valence-corrected chi connectivity index (χ3v) is 5.78. The number of hydrogen-bond acceptors (Lipinski definition) is 2. The molecule has 0 aromatic heterocycles. The van der Waals surface area contributed by atoms with Crippen molar-refractivity contribution in [2.45, 2.75) is 22.8 Å². The maximum absolute atomic E-state index is 6.40. The van der Waals surface area contributed by atoms with Crippen LogP contribution in [-0.2, 0) is 0 Å². The van der Waals surface area contributed by atoms with Gasteiger partial charge in [0.15, 0.2) is 0 Å². The molecule has 0 heterocycles. The maximum atomic E-state index is 6.40. The highest BCUT2D eigenvalue weighted by atomic mass is 35.5. The van der Waals surface area contributed by atoms with E-state index in [2.05, 4.69) is 62.0 Å². The van der Waals surface area contributed by atoms with Crippen LogP contribution in [0, 0.1) is 0 Å². The Morgan fingerprint density at radius 3 is 2.45 bits per heavy atom. The van der Waals surface area contributed by atoms with E-state index in [1.54, 1.807) is 11.8 Å². The van der Waals surface area contributed by atoms with Gasteiger partial charge in [-0.15, -0.1) is 11.8 Å². The van der Waals surface area contributed by atoms with Gasteiger partial charge in [0.2, 0.25) is 0 Å². The first kappa shape index (κ1) is 14.1. The quantitative estimate of drug-likeness (QED) is 0.252. The Bertz CT molecular complexity index is 767. The van der Waals surface area contributed by atoms with Gasteiger partial charge in [0.25, 0.3) is 0 Å². The van der Waals surface area contributed by atoms with Gasteiger partial charge in [-0.1, -0.05) is 48.9 Å². The van der Waals surface area contributed by atoms with Crippen molar-refractivity contribution >= 4 is 57.5 Å². The minimum absolute atomic E-state index is 0.268. The molecule has 0 aliphatic carbocycles. The van der Waals surface area contributed by atoms with E-state index in [9.17, 15) is 0 Å². The summed E-state index contributed by atoms with van der Waals surface area (Å²) in [4.78, 5) is 1.14. The Kier molecular flexibility index (Phi) is 4.16. The van der Waals surface area contributed by atoms with Crippen LogP contribution in [0.2, 0.25) is 5.02 Å².